The number of sulfonamides is 1. The second kappa shape index (κ2) is 10.4. The molecule has 1 amide bonds. The second-order valence-electron chi connectivity index (χ2n) is 7.67. The first-order valence-electron chi connectivity index (χ1n) is 10.4. The molecule has 0 spiro atoms. The van der Waals surface area contributed by atoms with E-state index >= 15 is 0 Å². The number of aryl methyl sites for hydroxylation is 2. The van der Waals surface area contributed by atoms with Crippen molar-refractivity contribution >= 4 is 33.3 Å². The number of carbonyl (C=O) groups is 2. The van der Waals surface area contributed by atoms with Gasteiger partial charge in [-0.1, -0.05) is 18.2 Å². The number of nitrogens with one attached hydrogen (secondary N) is 1. The highest BCUT2D eigenvalue weighted by Crippen LogP contribution is 2.30. The van der Waals surface area contributed by atoms with Crippen molar-refractivity contribution in [1.29, 1.82) is 0 Å². The van der Waals surface area contributed by atoms with Crippen LogP contribution in [-0.2, 0) is 19.6 Å². The van der Waals surface area contributed by atoms with Crippen molar-refractivity contribution in [3.05, 3.63) is 83.4 Å². The number of esters is 1. The van der Waals surface area contributed by atoms with Crippen molar-refractivity contribution < 1.29 is 27.5 Å². The maximum absolute atomic E-state index is 13.0. The van der Waals surface area contributed by atoms with Gasteiger partial charge in [0.15, 0.2) is 6.61 Å². The molecule has 0 aliphatic heterocycles. The van der Waals surface area contributed by atoms with E-state index < -0.39 is 28.5 Å². The number of hydrogen-bond acceptors (Lipinski definition) is 6. The average molecular weight is 483 g/mol. The Balaban J connectivity index is 1.65. The predicted molar refractivity (Wildman–Crippen MR) is 130 cm³/mol. The van der Waals surface area contributed by atoms with Gasteiger partial charge >= 0.3 is 5.97 Å². The van der Waals surface area contributed by atoms with E-state index in [1.165, 1.54) is 38.4 Å². The summed E-state index contributed by atoms with van der Waals surface area (Å²) >= 11 is 0. The van der Waals surface area contributed by atoms with Crippen LogP contribution in [0.5, 0.6) is 5.75 Å². The molecule has 0 aliphatic rings. The highest BCUT2D eigenvalue weighted by Gasteiger charge is 2.24. The molecule has 0 radical (unpaired) electrons. The van der Waals surface area contributed by atoms with Gasteiger partial charge in [0, 0.05) is 12.7 Å². The van der Waals surface area contributed by atoms with Crippen LogP contribution >= 0.6 is 0 Å². The smallest absolute Gasteiger partial charge is 0.338 e. The van der Waals surface area contributed by atoms with Crippen LogP contribution in [0.15, 0.2) is 71.6 Å². The summed E-state index contributed by atoms with van der Waals surface area (Å²) in [7, 11) is -1.02. The van der Waals surface area contributed by atoms with Crippen molar-refractivity contribution in [2.45, 2.75) is 18.7 Å². The highest BCUT2D eigenvalue weighted by molar-refractivity contribution is 7.92. The standard InChI is InChI=1S/C25H26N2O6S/c1-17-13-18(2)15-20(14-17)26-24(28)16-33-25(29)19-9-11-21(12-10-19)34(30,31)27(3)22-7-5-6-8-23(22)32-4/h5-15H,16H2,1-4H3,(H,26,28). The molecule has 0 unspecified atom stereocenters. The zero-order valence-electron chi connectivity index (χ0n) is 19.4. The number of hydrogen-bond donors (Lipinski definition) is 1. The van der Waals surface area contributed by atoms with Crippen LogP contribution in [-0.4, -0.2) is 41.1 Å². The van der Waals surface area contributed by atoms with Crippen LogP contribution < -0.4 is 14.4 Å². The minimum Gasteiger partial charge on any atom is -0.495 e. The van der Waals surface area contributed by atoms with Crippen LogP contribution in [0, 0.1) is 13.8 Å². The lowest BCUT2D eigenvalue weighted by Gasteiger charge is -2.21. The van der Waals surface area contributed by atoms with E-state index in [4.69, 9.17) is 9.47 Å². The molecular formula is C25H26N2O6S. The average Bonchev–Trinajstić information content (AvgIpc) is 2.81. The number of ether oxygens (including phenoxy) is 2. The SMILES string of the molecule is COc1ccccc1N(C)S(=O)(=O)c1ccc(C(=O)OCC(=O)Nc2cc(C)cc(C)c2)cc1. The maximum atomic E-state index is 13.0. The van der Waals surface area contributed by atoms with Crippen LogP contribution in [0.3, 0.4) is 0 Å². The summed E-state index contributed by atoms with van der Waals surface area (Å²) in [6.07, 6.45) is 0. The van der Waals surface area contributed by atoms with Gasteiger partial charge in [0.05, 0.1) is 23.3 Å². The number of rotatable bonds is 8. The minimum atomic E-state index is -3.90. The number of amides is 1. The molecule has 1 N–H and O–H groups in total. The Morgan fingerprint density at radius 2 is 1.56 bits per heavy atom. The zero-order chi connectivity index (χ0) is 24.9. The zero-order valence-corrected chi connectivity index (χ0v) is 20.2. The Morgan fingerprint density at radius 3 is 2.18 bits per heavy atom. The van der Waals surface area contributed by atoms with Crippen LogP contribution in [0.1, 0.15) is 21.5 Å². The monoisotopic (exact) mass is 482 g/mol. The van der Waals surface area contributed by atoms with Crippen LogP contribution in [0.4, 0.5) is 11.4 Å². The van der Waals surface area contributed by atoms with E-state index in [-0.39, 0.29) is 10.5 Å². The molecule has 3 aromatic rings. The Labute approximate surface area is 199 Å². The Hall–Kier alpha value is -3.85. The Kier molecular flexibility index (Phi) is 7.57. The normalized spacial score (nSPS) is 10.9. The lowest BCUT2D eigenvalue weighted by atomic mass is 10.1. The number of carbonyl (C=O) groups excluding carboxylic acids is 2. The molecule has 0 fully saturated rings. The molecule has 9 heteroatoms. The third-order valence-corrected chi connectivity index (χ3v) is 6.80. The Bertz CT molecular complexity index is 1280. The van der Waals surface area contributed by atoms with E-state index in [0.29, 0.717) is 17.1 Å². The van der Waals surface area contributed by atoms with Crippen molar-refractivity contribution in [1.82, 2.24) is 0 Å². The summed E-state index contributed by atoms with van der Waals surface area (Å²) in [5, 5.41) is 2.69. The van der Waals surface area contributed by atoms with E-state index in [0.717, 1.165) is 15.4 Å². The van der Waals surface area contributed by atoms with Gasteiger partial charge in [0.1, 0.15) is 5.75 Å². The van der Waals surface area contributed by atoms with E-state index in [1.54, 1.807) is 24.3 Å². The first-order chi connectivity index (χ1) is 16.1. The number of benzene rings is 3. The fourth-order valence-electron chi connectivity index (χ4n) is 3.40. The molecule has 3 rings (SSSR count). The Morgan fingerprint density at radius 1 is 0.941 bits per heavy atom. The lowest BCUT2D eigenvalue weighted by molar-refractivity contribution is -0.119. The van der Waals surface area contributed by atoms with Crippen LogP contribution in [0.25, 0.3) is 0 Å². The summed E-state index contributed by atoms with van der Waals surface area (Å²) in [6.45, 7) is 3.36. The van der Waals surface area contributed by atoms with E-state index in [9.17, 15) is 18.0 Å². The molecule has 3 aromatic carbocycles. The largest absolute Gasteiger partial charge is 0.495 e. The summed E-state index contributed by atoms with van der Waals surface area (Å²) in [6, 6.07) is 17.7. The van der Waals surface area contributed by atoms with Gasteiger partial charge < -0.3 is 14.8 Å². The molecule has 0 atom stereocenters. The molecule has 0 saturated carbocycles. The van der Waals surface area contributed by atoms with Gasteiger partial charge in [0.25, 0.3) is 15.9 Å². The topological polar surface area (TPSA) is 102 Å². The van der Waals surface area contributed by atoms with E-state index in [2.05, 4.69) is 5.32 Å². The van der Waals surface area contributed by atoms with Gasteiger partial charge in [-0.15, -0.1) is 0 Å². The fraction of sp³-hybridized carbons (Fsp3) is 0.200. The minimum absolute atomic E-state index is 0.00924. The fourth-order valence-corrected chi connectivity index (χ4v) is 4.60. The van der Waals surface area contributed by atoms with Crippen LogP contribution in [0.2, 0.25) is 0 Å². The summed E-state index contributed by atoms with van der Waals surface area (Å²) in [5.41, 5.74) is 3.12. The first kappa shape index (κ1) is 24.8. The van der Waals surface area contributed by atoms with Crippen molar-refractivity contribution in [3.63, 3.8) is 0 Å². The van der Waals surface area contributed by atoms with Crippen molar-refractivity contribution in [3.8, 4) is 5.75 Å². The lowest BCUT2D eigenvalue weighted by Crippen LogP contribution is -2.27. The molecule has 34 heavy (non-hydrogen) atoms. The molecule has 0 heterocycles. The molecule has 0 aromatic heterocycles. The number of methoxy groups -OCH3 is 1. The van der Waals surface area contributed by atoms with Crippen molar-refractivity contribution in [2.75, 3.05) is 30.4 Å². The van der Waals surface area contributed by atoms with Gasteiger partial charge in [-0.2, -0.15) is 0 Å². The number of para-hydroxylation sites is 2. The third kappa shape index (κ3) is 5.74. The molecule has 8 nitrogen and oxygen atoms in total. The summed E-state index contributed by atoms with van der Waals surface area (Å²) in [5.74, 6) is -0.804. The third-order valence-electron chi connectivity index (χ3n) is 5.01. The van der Waals surface area contributed by atoms with Gasteiger partial charge in [0.2, 0.25) is 0 Å². The highest BCUT2D eigenvalue weighted by atomic mass is 32.2. The molecule has 0 bridgehead atoms. The number of anilines is 2. The molecule has 0 saturated heterocycles. The number of nitrogens with zero attached hydrogens (tertiary/aromatic N) is 1. The van der Waals surface area contributed by atoms with Gasteiger partial charge in [-0.25, -0.2) is 13.2 Å². The van der Waals surface area contributed by atoms with Crippen molar-refractivity contribution in [2.24, 2.45) is 0 Å². The summed E-state index contributed by atoms with van der Waals surface area (Å²) < 4.78 is 37.5. The molecule has 178 valence electrons. The molecule has 0 aliphatic carbocycles. The first-order valence-corrected chi connectivity index (χ1v) is 11.8. The van der Waals surface area contributed by atoms with E-state index in [1.807, 2.05) is 32.0 Å². The predicted octanol–water partition coefficient (Wildman–Crippen LogP) is 3.93. The quantitative estimate of drug-likeness (QED) is 0.488. The molecular weight excluding hydrogens is 456 g/mol. The maximum Gasteiger partial charge on any atom is 0.338 e. The van der Waals surface area contributed by atoms with Gasteiger partial charge in [-0.05, 0) is 73.5 Å². The summed E-state index contributed by atoms with van der Waals surface area (Å²) in [4.78, 5) is 24.5. The van der Waals surface area contributed by atoms with Gasteiger partial charge in [-0.3, -0.25) is 9.10 Å². The second-order valence-corrected chi connectivity index (χ2v) is 9.64.